The highest BCUT2D eigenvalue weighted by atomic mass is 16.7. The van der Waals surface area contributed by atoms with Crippen molar-refractivity contribution in [3.8, 4) is 23.0 Å². The van der Waals surface area contributed by atoms with E-state index in [1.807, 2.05) is 6.92 Å². The molecule has 0 saturated carbocycles. The van der Waals surface area contributed by atoms with Gasteiger partial charge in [0.2, 0.25) is 6.79 Å². The summed E-state index contributed by atoms with van der Waals surface area (Å²) in [5, 5.41) is 2.54. The zero-order valence-corrected chi connectivity index (χ0v) is 16.6. The van der Waals surface area contributed by atoms with Crippen LogP contribution in [0.3, 0.4) is 0 Å². The Labute approximate surface area is 172 Å². The SMILES string of the molecule is CCOc1ccccc1OCC(=O)OCC(=O)Nc1cc2c(cc1C(C)=O)OCO2. The lowest BCUT2D eigenvalue weighted by Gasteiger charge is -2.12. The van der Waals surface area contributed by atoms with Crippen molar-refractivity contribution in [3.63, 3.8) is 0 Å². The van der Waals surface area contributed by atoms with Crippen molar-refractivity contribution in [2.24, 2.45) is 0 Å². The molecule has 0 atom stereocenters. The van der Waals surface area contributed by atoms with Crippen LogP contribution in [-0.2, 0) is 14.3 Å². The van der Waals surface area contributed by atoms with Crippen molar-refractivity contribution in [1.29, 1.82) is 0 Å². The van der Waals surface area contributed by atoms with Crippen LogP contribution < -0.4 is 24.3 Å². The molecule has 9 nitrogen and oxygen atoms in total. The van der Waals surface area contributed by atoms with E-state index in [1.54, 1.807) is 24.3 Å². The number of Topliss-reactive ketones (excluding diaryl/α,β-unsaturated/α-hetero) is 1. The Bertz CT molecular complexity index is 956. The van der Waals surface area contributed by atoms with Crippen LogP contribution in [0.4, 0.5) is 5.69 Å². The minimum absolute atomic E-state index is 0.0358. The molecule has 30 heavy (non-hydrogen) atoms. The normalized spacial score (nSPS) is 11.5. The third-order valence-corrected chi connectivity index (χ3v) is 4.02. The van der Waals surface area contributed by atoms with Gasteiger partial charge < -0.3 is 29.0 Å². The van der Waals surface area contributed by atoms with Gasteiger partial charge in [0.1, 0.15) is 0 Å². The first kappa shape index (κ1) is 21.0. The predicted molar refractivity (Wildman–Crippen MR) is 105 cm³/mol. The molecule has 1 aliphatic rings. The van der Waals surface area contributed by atoms with Crippen molar-refractivity contribution < 1.29 is 38.1 Å². The summed E-state index contributed by atoms with van der Waals surface area (Å²) in [4.78, 5) is 35.9. The number of ether oxygens (including phenoxy) is 5. The summed E-state index contributed by atoms with van der Waals surface area (Å²) in [6.07, 6.45) is 0. The molecule has 0 spiro atoms. The number of rotatable bonds is 9. The molecular formula is C21H21NO8. The van der Waals surface area contributed by atoms with Crippen LogP contribution in [0.5, 0.6) is 23.0 Å². The lowest BCUT2D eigenvalue weighted by molar-refractivity contribution is -0.149. The summed E-state index contributed by atoms with van der Waals surface area (Å²) < 4.78 is 26.2. The second kappa shape index (κ2) is 9.64. The third kappa shape index (κ3) is 5.19. The van der Waals surface area contributed by atoms with E-state index in [2.05, 4.69) is 5.32 Å². The number of ketones is 1. The van der Waals surface area contributed by atoms with Gasteiger partial charge >= 0.3 is 5.97 Å². The maximum absolute atomic E-state index is 12.2. The van der Waals surface area contributed by atoms with E-state index >= 15 is 0 Å². The van der Waals surface area contributed by atoms with E-state index in [0.29, 0.717) is 29.6 Å². The number of nitrogens with one attached hydrogen (secondary N) is 1. The molecule has 0 saturated heterocycles. The van der Waals surface area contributed by atoms with Crippen LogP contribution in [0.25, 0.3) is 0 Å². The van der Waals surface area contributed by atoms with Gasteiger partial charge in [0.15, 0.2) is 42.0 Å². The molecule has 0 radical (unpaired) electrons. The fraction of sp³-hybridized carbons (Fsp3) is 0.286. The van der Waals surface area contributed by atoms with E-state index in [0.717, 1.165) is 0 Å². The van der Waals surface area contributed by atoms with Gasteiger partial charge in [-0.3, -0.25) is 9.59 Å². The van der Waals surface area contributed by atoms with Gasteiger partial charge in [-0.25, -0.2) is 4.79 Å². The lowest BCUT2D eigenvalue weighted by atomic mass is 10.1. The Kier molecular flexibility index (Phi) is 6.74. The van der Waals surface area contributed by atoms with Gasteiger partial charge in [-0.2, -0.15) is 0 Å². The summed E-state index contributed by atoms with van der Waals surface area (Å²) in [6, 6.07) is 9.90. The second-order valence-corrected chi connectivity index (χ2v) is 6.18. The molecular weight excluding hydrogens is 394 g/mol. The first-order chi connectivity index (χ1) is 14.5. The van der Waals surface area contributed by atoms with Crippen LogP contribution in [0, 0.1) is 0 Å². The number of hydrogen-bond donors (Lipinski definition) is 1. The quantitative estimate of drug-likeness (QED) is 0.492. The summed E-state index contributed by atoms with van der Waals surface area (Å²) >= 11 is 0. The molecule has 2 aromatic carbocycles. The predicted octanol–water partition coefficient (Wildman–Crippen LogP) is 2.58. The molecule has 0 unspecified atom stereocenters. The molecule has 1 N–H and O–H groups in total. The average Bonchev–Trinajstić information content (AvgIpc) is 3.18. The first-order valence-corrected chi connectivity index (χ1v) is 9.22. The van der Waals surface area contributed by atoms with Crippen molar-refractivity contribution in [2.45, 2.75) is 13.8 Å². The number of esters is 1. The number of carbonyl (C=O) groups excluding carboxylic acids is 3. The van der Waals surface area contributed by atoms with Gasteiger partial charge in [-0.15, -0.1) is 0 Å². The molecule has 0 aliphatic carbocycles. The maximum Gasteiger partial charge on any atom is 0.344 e. The van der Waals surface area contributed by atoms with Crippen LogP contribution in [0.1, 0.15) is 24.2 Å². The number of benzene rings is 2. The van der Waals surface area contributed by atoms with Gasteiger partial charge in [0.05, 0.1) is 12.3 Å². The molecule has 1 amide bonds. The first-order valence-electron chi connectivity index (χ1n) is 9.22. The Morgan fingerprint density at radius 1 is 1.00 bits per heavy atom. The third-order valence-electron chi connectivity index (χ3n) is 4.02. The number of anilines is 1. The molecule has 0 bridgehead atoms. The molecule has 1 heterocycles. The zero-order valence-electron chi connectivity index (χ0n) is 16.6. The Morgan fingerprint density at radius 3 is 2.33 bits per heavy atom. The lowest BCUT2D eigenvalue weighted by Crippen LogP contribution is -2.24. The van der Waals surface area contributed by atoms with Crippen LogP contribution in [-0.4, -0.2) is 44.3 Å². The minimum atomic E-state index is -0.728. The Balaban J connectivity index is 1.53. The van der Waals surface area contributed by atoms with E-state index in [-0.39, 0.29) is 30.4 Å². The fourth-order valence-electron chi connectivity index (χ4n) is 2.69. The van der Waals surface area contributed by atoms with Crippen molar-refractivity contribution >= 4 is 23.3 Å². The second-order valence-electron chi connectivity index (χ2n) is 6.18. The number of fused-ring (bicyclic) bond motifs is 1. The molecule has 158 valence electrons. The molecule has 0 aromatic heterocycles. The topological polar surface area (TPSA) is 109 Å². The van der Waals surface area contributed by atoms with E-state index in [9.17, 15) is 14.4 Å². The van der Waals surface area contributed by atoms with Crippen LogP contribution >= 0.6 is 0 Å². The monoisotopic (exact) mass is 415 g/mol. The zero-order chi connectivity index (χ0) is 21.5. The van der Waals surface area contributed by atoms with Crippen molar-refractivity contribution in [3.05, 3.63) is 42.0 Å². The molecule has 0 fully saturated rings. The average molecular weight is 415 g/mol. The van der Waals surface area contributed by atoms with Crippen LogP contribution in [0.15, 0.2) is 36.4 Å². The Morgan fingerprint density at radius 2 is 1.67 bits per heavy atom. The van der Waals surface area contributed by atoms with Gasteiger partial charge in [0.25, 0.3) is 5.91 Å². The highest BCUT2D eigenvalue weighted by Gasteiger charge is 2.21. The van der Waals surface area contributed by atoms with Gasteiger partial charge in [-0.05, 0) is 32.0 Å². The summed E-state index contributed by atoms with van der Waals surface area (Å²) in [5.41, 5.74) is 0.504. The Hall–Kier alpha value is -3.75. The van der Waals surface area contributed by atoms with Gasteiger partial charge in [0, 0.05) is 11.6 Å². The van der Waals surface area contributed by atoms with E-state index < -0.39 is 18.5 Å². The molecule has 2 aromatic rings. The summed E-state index contributed by atoms with van der Waals surface area (Å²) in [7, 11) is 0. The molecule has 3 rings (SSSR count). The minimum Gasteiger partial charge on any atom is -0.490 e. The molecule has 1 aliphatic heterocycles. The highest BCUT2D eigenvalue weighted by Crippen LogP contribution is 2.37. The maximum atomic E-state index is 12.2. The standard InChI is InChI=1S/C21H21NO8/c1-3-26-16-6-4-5-7-17(16)27-11-21(25)28-10-20(24)22-15-9-19-18(29-12-30-19)8-14(15)13(2)23/h4-9H,3,10-12H2,1-2H3,(H,22,24). The van der Waals surface area contributed by atoms with Gasteiger partial charge in [-0.1, -0.05) is 12.1 Å². The molecule has 9 heteroatoms. The van der Waals surface area contributed by atoms with E-state index in [1.165, 1.54) is 19.1 Å². The summed E-state index contributed by atoms with van der Waals surface area (Å²) in [6.45, 7) is 2.76. The number of carbonyl (C=O) groups is 3. The smallest absolute Gasteiger partial charge is 0.344 e. The summed E-state index contributed by atoms with van der Waals surface area (Å²) in [5.74, 6) is 0.135. The fourth-order valence-corrected chi connectivity index (χ4v) is 2.69. The van der Waals surface area contributed by atoms with Crippen LogP contribution in [0.2, 0.25) is 0 Å². The largest absolute Gasteiger partial charge is 0.490 e. The van der Waals surface area contributed by atoms with Crippen molar-refractivity contribution in [1.82, 2.24) is 0 Å². The van der Waals surface area contributed by atoms with E-state index in [4.69, 9.17) is 23.7 Å². The number of amides is 1. The number of hydrogen-bond acceptors (Lipinski definition) is 8. The number of para-hydroxylation sites is 2. The highest BCUT2D eigenvalue weighted by molar-refractivity contribution is 6.05. The van der Waals surface area contributed by atoms with Crippen molar-refractivity contribution in [2.75, 3.05) is 31.9 Å².